The molecule has 2 rings (SSSR count). The second-order valence-electron chi connectivity index (χ2n) is 5.56. The molecular formula is C20H27ClN2O2. The summed E-state index contributed by atoms with van der Waals surface area (Å²) in [4.78, 5) is 12.2. The number of benzene rings is 2. The second-order valence-corrected chi connectivity index (χ2v) is 5.56. The molecule has 25 heavy (non-hydrogen) atoms. The molecule has 0 bridgehead atoms. The zero-order chi connectivity index (χ0) is 17.2. The molecule has 136 valence electrons. The lowest BCUT2D eigenvalue weighted by molar-refractivity contribution is -0.116. The Kier molecular flexibility index (Phi) is 9.66. The maximum Gasteiger partial charge on any atom is 0.224 e. The van der Waals surface area contributed by atoms with Gasteiger partial charge in [0.2, 0.25) is 5.91 Å². The smallest absolute Gasteiger partial charge is 0.224 e. The Morgan fingerprint density at radius 2 is 1.76 bits per heavy atom. The number of anilines is 1. The van der Waals surface area contributed by atoms with Crippen molar-refractivity contribution in [2.75, 3.05) is 18.5 Å². The van der Waals surface area contributed by atoms with E-state index < -0.39 is 0 Å². The van der Waals surface area contributed by atoms with Crippen LogP contribution in [-0.4, -0.2) is 19.1 Å². The van der Waals surface area contributed by atoms with Gasteiger partial charge in [0, 0.05) is 18.7 Å². The number of para-hydroxylation sites is 1. The van der Waals surface area contributed by atoms with Gasteiger partial charge in [-0.2, -0.15) is 0 Å². The molecule has 0 heterocycles. The maximum atomic E-state index is 12.2. The summed E-state index contributed by atoms with van der Waals surface area (Å²) in [5.41, 5.74) is 3.12. The van der Waals surface area contributed by atoms with Gasteiger partial charge in [0.15, 0.2) is 0 Å². The fourth-order valence-electron chi connectivity index (χ4n) is 2.45. The summed E-state index contributed by atoms with van der Waals surface area (Å²) in [5.74, 6) is 0.899. The van der Waals surface area contributed by atoms with Crippen LogP contribution in [0.2, 0.25) is 0 Å². The van der Waals surface area contributed by atoms with Crippen molar-refractivity contribution in [3.63, 3.8) is 0 Å². The number of halogens is 1. The van der Waals surface area contributed by atoms with Crippen LogP contribution in [-0.2, 0) is 17.8 Å². The molecule has 5 heteroatoms. The number of amides is 1. The van der Waals surface area contributed by atoms with Crippen molar-refractivity contribution >= 4 is 24.0 Å². The lowest BCUT2D eigenvalue weighted by Crippen LogP contribution is -2.17. The Labute approximate surface area is 156 Å². The Morgan fingerprint density at radius 1 is 1.04 bits per heavy atom. The van der Waals surface area contributed by atoms with Gasteiger partial charge in [-0.25, -0.2) is 0 Å². The highest BCUT2D eigenvalue weighted by molar-refractivity contribution is 5.91. The summed E-state index contributed by atoms with van der Waals surface area (Å²) < 4.78 is 5.43. The lowest BCUT2D eigenvalue weighted by Gasteiger charge is -2.11. The van der Waals surface area contributed by atoms with Gasteiger partial charge >= 0.3 is 0 Å². The summed E-state index contributed by atoms with van der Waals surface area (Å²) in [5, 5.41) is 6.31. The van der Waals surface area contributed by atoms with Crippen LogP contribution in [0, 0.1) is 0 Å². The molecule has 0 atom stereocenters. The third kappa shape index (κ3) is 7.16. The minimum absolute atomic E-state index is 0. The van der Waals surface area contributed by atoms with Crippen molar-refractivity contribution < 1.29 is 9.53 Å². The van der Waals surface area contributed by atoms with Crippen molar-refractivity contribution in [2.24, 2.45) is 0 Å². The summed E-state index contributed by atoms with van der Waals surface area (Å²) in [6, 6.07) is 15.8. The number of nitrogens with one attached hydrogen (secondary N) is 2. The molecule has 0 unspecified atom stereocenters. The Morgan fingerprint density at radius 3 is 2.44 bits per heavy atom. The number of ether oxygens (including phenoxy) is 1. The van der Waals surface area contributed by atoms with Crippen molar-refractivity contribution in [1.29, 1.82) is 0 Å². The van der Waals surface area contributed by atoms with Gasteiger partial charge in [-0.15, -0.1) is 12.4 Å². The van der Waals surface area contributed by atoms with Gasteiger partial charge in [-0.05, 0) is 49.2 Å². The summed E-state index contributed by atoms with van der Waals surface area (Å²) in [6.45, 7) is 6.35. The third-order valence-electron chi connectivity index (χ3n) is 3.73. The van der Waals surface area contributed by atoms with Gasteiger partial charge in [0.25, 0.3) is 0 Å². The second kappa shape index (κ2) is 11.5. The predicted octanol–water partition coefficient (Wildman–Crippen LogP) is 4.19. The van der Waals surface area contributed by atoms with E-state index in [1.807, 2.05) is 55.5 Å². The molecular weight excluding hydrogens is 336 g/mol. The first-order valence-electron chi connectivity index (χ1n) is 8.53. The molecule has 1 amide bonds. The van der Waals surface area contributed by atoms with E-state index in [0.717, 1.165) is 35.7 Å². The SMILES string of the molecule is CCNCc1ccccc1NC(=O)CCc1ccc(OCC)cc1.Cl. The van der Waals surface area contributed by atoms with E-state index in [1.165, 1.54) is 0 Å². The molecule has 0 saturated carbocycles. The molecule has 0 fully saturated rings. The molecule has 2 aromatic carbocycles. The first-order chi connectivity index (χ1) is 11.7. The zero-order valence-corrected chi connectivity index (χ0v) is 15.7. The standard InChI is InChI=1S/C20H26N2O2.ClH/c1-3-21-15-17-7-5-6-8-19(17)22-20(23)14-11-16-9-12-18(13-10-16)24-4-2;/h5-10,12-13,21H,3-4,11,14-15H2,1-2H3,(H,22,23);1H. The van der Waals surface area contributed by atoms with Gasteiger partial charge in [0.1, 0.15) is 5.75 Å². The molecule has 0 saturated heterocycles. The van der Waals surface area contributed by atoms with Crippen molar-refractivity contribution in [1.82, 2.24) is 5.32 Å². The van der Waals surface area contributed by atoms with Gasteiger partial charge < -0.3 is 15.4 Å². The maximum absolute atomic E-state index is 12.2. The molecule has 2 aromatic rings. The number of carbonyl (C=O) groups excluding carboxylic acids is 1. The van der Waals surface area contributed by atoms with E-state index in [1.54, 1.807) is 0 Å². The molecule has 0 aliphatic heterocycles. The molecule has 0 aliphatic rings. The Hall–Kier alpha value is -2.04. The molecule has 2 N–H and O–H groups in total. The van der Waals surface area contributed by atoms with Gasteiger partial charge in [-0.1, -0.05) is 37.3 Å². The van der Waals surface area contributed by atoms with Gasteiger partial charge in [-0.3, -0.25) is 4.79 Å². The number of rotatable bonds is 9. The zero-order valence-electron chi connectivity index (χ0n) is 14.9. The molecule has 0 spiro atoms. The van der Waals surface area contributed by atoms with E-state index in [0.29, 0.717) is 19.4 Å². The minimum Gasteiger partial charge on any atom is -0.494 e. The Bertz CT molecular complexity index is 644. The highest BCUT2D eigenvalue weighted by Gasteiger charge is 2.07. The van der Waals surface area contributed by atoms with Crippen LogP contribution in [0.5, 0.6) is 5.75 Å². The molecule has 0 radical (unpaired) electrons. The number of hydrogen-bond donors (Lipinski definition) is 2. The van der Waals surface area contributed by atoms with Crippen LogP contribution in [0.15, 0.2) is 48.5 Å². The van der Waals surface area contributed by atoms with Crippen LogP contribution in [0.1, 0.15) is 31.4 Å². The van der Waals surface area contributed by atoms with Crippen LogP contribution in [0.3, 0.4) is 0 Å². The summed E-state index contributed by atoms with van der Waals surface area (Å²) in [6.07, 6.45) is 1.18. The van der Waals surface area contributed by atoms with E-state index in [-0.39, 0.29) is 18.3 Å². The normalized spacial score (nSPS) is 10.0. The number of aryl methyl sites for hydroxylation is 1. The molecule has 4 nitrogen and oxygen atoms in total. The first-order valence-corrected chi connectivity index (χ1v) is 8.53. The van der Waals surface area contributed by atoms with Crippen LogP contribution in [0.25, 0.3) is 0 Å². The van der Waals surface area contributed by atoms with Gasteiger partial charge in [0.05, 0.1) is 6.61 Å². The van der Waals surface area contributed by atoms with E-state index in [9.17, 15) is 4.79 Å². The predicted molar refractivity (Wildman–Crippen MR) is 106 cm³/mol. The van der Waals surface area contributed by atoms with Crippen LogP contribution >= 0.6 is 12.4 Å². The Balaban J connectivity index is 0.00000312. The monoisotopic (exact) mass is 362 g/mol. The van der Waals surface area contributed by atoms with E-state index >= 15 is 0 Å². The van der Waals surface area contributed by atoms with Crippen molar-refractivity contribution in [3.05, 3.63) is 59.7 Å². The number of hydrogen-bond acceptors (Lipinski definition) is 3. The van der Waals surface area contributed by atoms with Crippen molar-refractivity contribution in [3.8, 4) is 5.75 Å². The molecule has 0 aromatic heterocycles. The average molecular weight is 363 g/mol. The first kappa shape index (κ1) is 21.0. The van der Waals surface area contributed by atoms with Crippen LogP contribution < -0.4 is 15.4 Å². The highest BCUT2D eigenvalue weighted by Crippen LogP contribution is 2.16. The van der Waals surface area contributed by atoms with Crippen LogP contribution in [0.4, 0.5) is 5.69 Å². The van der Waals surface area contributed by atoms with Crippen molar-refractivity contribution in [2.45, 2.75) is 33.2 Å². The lowest BCUT2D eigenvalue weighted by atomic mass is 10.1. The van der Waals surface area contributed by atoms with E-state index in [2.05, 4.69) is 17.6 Å². The minimum atomic E-state index is 0. The number of carbonyl (C=O) groups is 1. The topological polar surface area (TPSA) is 50.4 Å². The fourth-order valence-corrected chi connectivity index (χ4v) is 2.45. The average Bonchev–Trinajstić information content (AvgIpc) is 2.61. The van der Waals surface area contributed by atoms with E-state index in [4.69, 9.17) is 4.74 Å². The molecule has 0 aliphatic carbocycles. The summed E-state index contributed by atoms with van der Waals surface area (Å²) >= 11 is 0. The quantitative estimate of drug-likeness (QED) is 0.703. The highest BCUT2D eigenvalue weighted by atomic mass is 35.5. The largest absolute Gasteiger partial charge is 0.494 e. The fraction of sp³-hybridized carbons (Fsp3) is 0.350. The third-order valence-corrected chi connectivity index (χ3v) is 3.73. The summed E-state index contributed by atoms with van der Waals surface area (Å²) in [7, 11) is 0.